The molecule has 18 heavy (non-hydrogen) atoms. The van der Waals surface area contributed by atoms with Crippen LogP contribution in [0.15, 0.2) is 41.8 Å². The van der Waals surface area contributed by atoms with E-state index in [4.69, 9.17) is 5.73 Å². The first-order valence-corrected chi connectivity index (χ1v) is 6.17. The number of aromatic nitrogens is 3. The average molecular weight is 264 g/mol. The number of nitrogens with one attached hydrogen (secondary N) is 1. The van der Waals surface area contributed by atoms with Gasteiger partial charge in [-0.15, -0.1) is 0 Å². The third-order valence-corrected chi connectivity index (χ3v) is 3.57. The summed E-state index contributed by atoms with van der Waals surface area (Å²) >= 11 is 1.22. The highest BCUT2D eigenvalue weighted by Crippen LogP contribution is 2.26. The van der Waals surface area contributed by atoms with Crippen molar-refractivity contribution in [3.63, 3.8) is 0 Å². The van der Waals surface area contributed by atoms with E-state index in [0.717, 1.165) is 0 Å². The number of aromatic amines is 1. The monoisotopic (exact) mass is 264 g/mol. The summed E-state index contributed by atoms with van der Waals surface area (Å²) in [7, 11) is 0. The summed E-state index contributed by atoms with van der Waals surface area (Å²) in [6.07, 6.45) is 1.36. The van der Waals surface area contributed by atoms with Gasteiger partial charge in [-0.2, -0.15) is 5.10 Å². The van der Waals surface area contributed by atoms with Crippen molar-refractivity contribution < 1.29 is 9.90 Å². The number of nitrogens with zero attached hydrogens (tertiary/aromatic N) is 2. The summed E-state index contributed by atoms with van der Waals surface area (Å²) in [5.41, 5.74) is 5.11. The summed E-state index contributed by atoms with van der Waals surface area (Å²) in [6, 6.07) is 8.75. The van der Waals surface area contributed by atoms with Crippen LogP contribution in [0.1, 0.15) is 5.56 Å². The maximum atomic E-state index is 11.4. The molecule has 6 nitrogen and oxygen atoms in total. The Bertz CT molecular complexity index is 517. The zero-order valence-corrected chi connectivity index (χ0v) is 10.2. The predicted molar refractivity (Wildman–Crippen MR) is 67.0 cm³/mol. The number of hydrogen-bond acceptors (Lipinski definition) is 5. The van der Waals surface area contributed by atoms with Gasteiger partial charge >= 0.3 is 5.97 Å². The summed E-state index contributed by atoms with van der Waals surface area (Å²) in [6.45, 7) is 0. The highest BCUT2D eigenvalue weighted by atomic mass is 32.2. The molecule has 1 unspecified atom stereocenters. The number of nitrogens with two attached hydrogens (primary N) is 1. The van der Waals surface area contributed by atoms with Gasteiger partial charge < -0.3 is 10.8 Å². The first-order valence-electron chi connectivity index (χ1n) is 5.19. The molecule has 1 heterocycles. The van der Waals surface area contributed by atoms with Crippen LogP contribution in [-0.4, -0.2) is 32.0 Å². The molecule has 1 atom stereocenters. The molecule has 0 aliphatic carbocycles. The molecular formula is C11H12N4O2S. The number of rotatable bonds is 5. The Morgan fingerprint density at radius 1 is 1.44 bits per heavy atom. The smallest absolute Gasteiger partial charge is 0.329 e. The number of thioether (sulfide) groups is 1. The normalized spacial score (nSPS) is 14.1. The molecule has 2 aromatic rings. The maximum absolute atomic E-state index is 11.4. The van der Waals surface area contributed by atoms with Crippen molar-refractivity contribution >= 4 is 17.7 Å². The molecule has 0 bridgehead atoms. The van der Waals surface area contributed by atoms with Crippen molar-refractivity contribution in [2.75, 3.05) is 5.75 Å². The summed E-state index contributed by atoms with van der Waals surface area (Å²) in [4.78, 5) is 15.3. The fourth-order valence-corrected chi connectivity index (χ4v) is 2.34. The Morgan fingerprint density at radius 3 is 2.72 bits per heavy atom. The number of benzene rings is 1. The summed E-state index contributed by atoms with van der Waals surface area (Å²) in [5.74, 6) is -0.901. The zero-order valence-electron chi connectivity index (χ0n) is 9.41. The molecule has 0 amide bonds. The fourth-order valence-electron chi connectivity index (χ4n) is 1.45. The van der Waals surface area contributed by atoms with Gasteiger partial charge in [0.05, 0.1) is 0 Å². The SMILES string of the molecule is NC(CSc1ncn[nH]1)(C(=O)O)c1ccccc1. The Hall–Kier alpha value is -1.86. The second-order valence-electron chi connectivity index (χ2n) is 3.72. The van der Waals surface area contributed by atoms with E-state index < -0.39 is 11.5 Å². The Labute approximate surface area is 108 Å². The third kappa shape index (κ3) is 2.52. The number of H-pyrrole nitrogens is 1. The van der Waals surface area contributed by atoms with Crippen LogP contribution in [0.2, 0.25) is 0 Å². The number of carbonyl (C=O) groups is 1. The van der Waals surface area contributed by atoms with Crippen LogP contribution >= 0.6 is 11.8 Å². The zero-order chi connectivity index (χ0) is 13.0. The number of aliphatic carboxylic acids is 1. The molecule has 0 aliphatic rings. The number of hydrogen-bond donors (Lipinski definition) is 3. The third-order valence-electron chi connectivity index (χ3n) is 2.50. The van der Waals surface area contributed by atoms with Crippen LogP contribution in [0.4, 0.5) is 0 Å². The number of carboxylic acid groups (broad SMARTS) is 1. The molecule has 0 aliphatic heterocycles. The van der Waals surface area contributed by atoms with E-state index in [2.05, 4.69) is 15.2 Å². The van der Waals surface area contributed by atoms with Gasteiger partial charge in [-0.3, -0.25) is 5.10 Å². The first kappa shape index (κ1) is 12.6. The van der Waals surface area contributed by atoms with Crippen molar-refractivity contribution in [3.05, 3.63) is 42.2 Å². The van der Waals surface area contributed by atoms with Gasteiger partial charge in [0.1, 0.15) is 11.9 Å². The molecule has 0 radical (unpaired) electrons. The average Bonchev–Trinajstić information content (AvgIpc) is 2.90. The van der Waals surface area contributed by atoms with Crippen LogP contribution in [-0.2, 0) is 10.3 Å². The van der Waals surface area contributed by atoms with Crippen LogP contribution in [0, 0.1) is 0 Å². The molecule has 0 spiro atoms. The molecule has 0 fully saturated rings. The lowest BCUT2D eigenvalue weighted by atomic mass is 9.93. The molecule has 94 valence electrons. The summed E-state index contributed by atoms with van der Waals surface area (Å²) < 4.78 is 0. The molecule has 0 saturated carbocycles. The number of carboxylic acids is 1. The largest absolute Gasteiger partial charge is 0.480 e. The highest BCUT2D eigenvalue weighted by molar-refractivity contribution is 7.99. The van der Waals surface area contributed by atoms with Crippen LogP contribution in [0.25, 0.3) is 0 Å². The Kier molecular flexibility index (Phi) is 3.63. The minimum Gasteiger partial charge on any atom is -0.480 e. The molecule has 2 rings (SSSR count). The quantitative estimate of drug-likeness (QED) is 0.691. The van der Waals surface area contributed by atoms with Crippen molar-refractivity contribution in [2.24, 2.45) is 5.73 Å². The second kappa shape index (κ2) is 5.19. The standard InChI is InChI=1S/C11H12N4O2S/c12-11(9(16)17,8-4-2-1-3-5-8)6-18-10-13-7-14-15-10/h1-5,7H,6,12H2,(H,16,17)(H,13,14,15). The van der Waals surface area contributed by atoms with Gasteiger partial charge in [-0.1, -0.05) is 42.1 Å². The predicted octanol–water partition coefficient (Wildman–Crippen LogP) is 0.836. The second-order valence-corrected chi connectivity index (χ2v) is 4.69. The molecule has 7 heteroatoms. The van der Waals surface area contributed by atoms with Crippen LogP contribution in [0.5, 0.6) is 0 Å². The topological polar surface area (TPSA) is 105 Å². The molecule has 1 aromatic heterocycles. The van der Waals surface area contributed by atoms with Crippen LogP contribution < -0.4 is 5.73 Å². The minimum atomic E-state index is -1.45. The van der Waals surface area contributed by atoms with Gasteiger partial charge in [0.2, 0.25) is 0 Å². The van der Waals surface area contributed by atoms with Crippen molar-refractivity contribution in [2.45, 2.75) is 10.7 Å². The van der Waals surface area contributed by atoms with Gasteiger partial charge in [0.15, 0.2) is 5.16 Å². The Morgan fingerprint density at radius 2 is 2.17 bits per heavy atom. The lowest BCUT2D eigenvalue weighted by Crippen LogP contribution is -2.47. The lowest BCUT2D eigenvalue weighted by Gasteiger charge is -2.24. The minimum absolute atomic E-state index is 0.168. The van der Waals surface area contributed by atoms with Gasteiger partial charge in [0, 0.05) is 5.75 Å². The van der Waals surface area contributed by atoms with E-state index in [1.165, 1.54) is 18.1 Å². The van der Waals surface area contributed by atoms with Gasteiger partial charge in [-0.25, -0.2) is 9.78 Å². The van der Waals surface area contributed by atoms with Gasteiger partial charge in [0.25, 0.3) is 0 Å². The molecule has 1 aromatic carbocycles. The van der Waals surface area contributed by atoms with Crippen molar-refractivity contribution in [1.29, 1.82) is 0 Å². The fraction of sp³-hybridized carbons (Fsp3) is 0.182. The highest BCUT2D eigenvalue weighted by Gasteiger charge is 2.36. The van der Waals surface area contributed by atoms with Crippen molar-refractivity contribution in [1.82, 2.24) is 15.2 Å². The molecule has 4 N–H and O–H groups in total. The van der Waals surface area contributed by atoms with E-state index in [1.54, 1.807) is 24.3 Å². The van der Waals surface area contributed by atoms with E-state index in [9.17, 15) is 9.90 Å². The Balaban J connectivity index is 2.20. The van der Waals surface area contributed by atoms with E-state index >= 15 is 0 Å². The first-order chi connectivity index (χ1) is 8.63. The van der Waals surface area contributed by atoms with Crippen molar-refractivity contribution in [3.8, 4) is 0 Å². The van der Waals surface area contributed by atoms with E-state index in [-0.39, 0.29) is 5.75 Å². The van der Waals surface area contributed by atoms with E-state index in [1.807, 2.05) is 6.07 Å². The lowest BCUT2D eigenvalue weighted by molar-refractivity contribution is -0.142. The molecular weight excluding hydrogens is 252 g/mol. The van der Waals surface area contributed by atoms with E-state index in [0.29, 0.717) is 10.7 Å². The summed E-state index contributed by atoms with van der Waals surface area (Å²) in [5, 5.41) is 16.2. The molecule has 0 saturated heterocycles. The van der Waals surface area contributed by atoms with Crippen LogP contribution in [0.3, 0.4) is 0 Å². The maximum Gasteiger partial charge on any atom is 0.329 e. The van der Waals surface area contributed by atoms with Gasteiger partial charge in [-0.05, 0) is 5.56 Å².